The fourth-order valence-electron chi connectivity index (χ4n) is 3.87. The second-order valence-electron chi connectivity index (χ2n) is 8.07. The van der Waals surface area contributed by atoms with Crippen LogP contribution in [0.15, 0.2) is 60.2 Å². The number of hydrogen-bond acceptors (Lipinski definition) is 4. The minimum atomic E-state index is -0.851. The van der Waals surface area contributed by atoms with Crippen LogP contribution in [0.4, 0.5) is 10.5 Å². The van der Waals surface area contributed by atoms with Crippen LogP contribution >= 0.6 is 34.8 Å². The van der Waals surface area contributed by atoms with E-state index in [2.05, 4.69) is 5.32 Å². The maximum atomic E-state index is 13.3. The molecule has 0 radical (unpaired) electrons. The van der Waals surface area contributed by atoms with Gasteiger partial charge >= 0.3 is 6.03 Å². The predicted octanol–water partition coefficient (Wildman–Crippen LogP) is 6.61. The lowest BCUT2D eigenvalue weighted by molar-refractivity contribution is -0.122. The molecule has 6 nitrogen and oxygen atoms in total. The van der Waals surface area contributed by atoms with Crippen LogP contribution in [0.25, 0.3) is 6.08 Å². The molecule has 3 aromatic rings. The molecule has 1 heterocycles. The summed E-state index contributed by atoms with van der Waals surface area (Å²) in [7, 11) is 0. The molecule has 4 amide bonds. The molecule has 1 aliphatic heterocycles. The maximum Gasteiger partial charge on any atom is 0.335 e. The van der Waals surface area contributed by atoms with Gasteiger partial charge in [0.2, 0.25) is 0 Å². The van der Waals surface area contributed by atoms with Crippen LogP contribution in [0.2, 0.25) is 15.1 Å². The van der Waals surface area contributed by atoms with Gasteiger partial charge in [-0.05, 0) is 66.9 Å². The van der Waals surface area contributed by atoms with E-state index in [-0.39, 0.29) is 11.3 Å². The molecule has 36 heavy (non-hydrogen) atoms. The number of nitrogens with one attached hydrogen (secondary N) is 1. The molecule has 1 N–H and O–H groups in total. The molecule has 0 saturated carbocycles. The lowest BCUT2D eigenvalue weighted by Crippen LogP contribution is -2.54. The molecule has 1 aliphatic rings. The van der Waals surface area contributed by atoms with Gasteiger partial charge in [0, 0.05) is 27.1 Å². The van der Waals surface area contributed by atoms with Crippen molar-refractivity contribution in [2.24, 2.45) is 0 Å². The topological polar surface area (TPSA) is 75.7 Å². The first kappa shape index (κ1) is 25.8. The van der Waals surface area contributed by atoms with E-state index in [1.54, 1.807) is 37.3 Å². The van der Waals surface area contributed by atoms with Gasteiger partial charge in [0.15, 0.2) is 0 Å². The third-order valence-electron chi connectivity index (χ3n) is 5.63. The smallest absolute Gasteiger partial charge is 0.335 e. The summed E-state index contributed by atoms with van der Waals surface area (Å²) in [4.78, 5) is 39.4. The van der Waals surface area contributed by atoms with Crippen molar-refractivity contribution in [2.45, 2.75) is 20.3 Å². The summed E-state index contributed by atoms with van der Waals surface area (Å²) in [6.45, 7) is 3.95. The number of anilines is 1. The number of aryl methyl sites for hydroxylation is 1. The minimum Gasteiger partial charge on any atom is -0.494 e. The number of nitrogens with zero attached hydrogens (tertiary/aromatic N) is 1. The fraction of sp³-hybridized carbons (Fsp3) is 0.148. The molecule has 1 saturated heterocycles. The van der Waals surface area contributed by atoms with Crippen LogP contribution in [0.3, 0.4) is 0 Å². The van der Waals surface area contributed by atoms with Crippen LogP contribution in [0, 0.1) is 6.92 Å². The van der Waals surface area contributed by atoms with E-state index in [4.69, 9.17) is 39.5 Å². The summed E-state index contributed by atoms with van der Waals surface area (Å²) in [6, 6.07) is 14.7. The lowest BCUT2D eigenvalue weighted by Gasteiger charge is -2.27. The molecule has 0 spiro atoms. The van der Waals surface area contributed by atoms with Gasteiger partial charge in [-0.2, -0.15) is 0 Å². The highest BCUT2D eigenvalue weighted by atomic mass is 35.5. The Hall–Kier alpha value is -3.32. The first-order valence-electron chi connectivity index (χ1n) is 11.1. The van der Waals surface area contributed by atoms with E-state index in [0.717, 1.165) is 16.0 Å². The molecular weight excluding hydrogens is 523 g/mol. The van der Waals surface area contributed by atoms with Gasteiger partial charge in [-0.1, -0.05) is 59.1 Å². The molecule has 3 aromatic carbocycles. The van der Waals surface area contributed by atoms with Crippen LogP contribution < -0.4 is 15.0 Å². The van der Waals surface area contributed by atoms with Gasteiger partial charge < -0.3 is 4.74 Å². The number of carbonyl (C=O) groups excluding carboxylic acids is 3. The van der Waals surface area contributed by atoms with Crippen molar-refractivity contribution < 1.29 is 19.1 Å². The van der Waals surface area contributed by atoms with Crippen LogP contribution in [-0.4, -0.2) is 24.5 Å². The van der Waals surface area contributed by atoms with Gasteiger partial charge in [-0.3, -0.25) is 14.9 Å². The first-order chi connectivity index (χ1) is 17.2. The molecule has 0 bridgehead atoms. The maximum absolute atomic E-state index is 13.3. The molecule has 184 valence electrons. The van der Waals surface area contributed by atoms with Gasteiger partial charge in [0.05, 0.1) is 12.3 Å². The van der Waals surface area contributed by atoms with Crippen LogP contribution in [0.5, 0.6) is 5.75 Å². The first-order valence-corrected chi connectivity index (χ1v) is 12.2. The summed E-state index contributed by atoms with van der Waals surface area (Å²) in [5.41, 5.74) is 2.75. The number of amides is 4. The van der Waals surface area contributed by atoms with Gasteiger partial charge in [-0.15, -0.1) is 0 Å². The number of rotatable bonds is 6. The van der Waals surface area contributed by atoms with E-state index < -0.39 is 17.8 Å². The highest BCUT2D eigenvalue weighted by Crippen LogP contribution is 2.34. The highest BCUT2D eigenvalue weighted by Gasteiger charge is 2.37. The van der Waals surface area contributed by atoms with Crippen molar-refractivity contribution in [3.8, 4) is 5.75 Å². The summed E-state index contributed by atoms with van der Waals surface area (Å²) in [5, 5.41) is 3.55. The van der Waals surface area contributed by atoms with E-state index in [9.17, 15) is 14.4 Å². The largest absolute Gasteiger partial charge is 0.494 e. The lowest BCUT2D eigenvalue weighted by atomic mass is 10.00. The zero-order chi connectivity index (χ0) is 26.0. The van der Waals surface area contributed by atoms with Crippen molar-refractivity contribution >= 4 is 64.4 Å². The normalized spacial score (nSPS) is 14.9. The van der Waals surface area contributed by atoms with Crippen LogP contribution in [0.1, 0.15) is 29.2 Å². The second-order valence-corrected chi connectivity index (χ2v) is 9.32. The fourth-order valence-corrected chi connectivity index (χ4v) is 4.52. The second kappa shape index (κ2) is 10.7. The third kappa shape index (κ3) is 5.26. The molecule has 0 unspecified atom stereocenters. The van der Waals surface area contributed by atoms with Gasteiger partial charge in [-0.25, -0.2) is 9.69 Å². The SMILES string of the molecule is CCOc1cc(/C=C2\C(=O)NC(=O)N(c3cc(Cl)ccc3C)C2=O)cc(Cl)c1Cc1ccccc1Cl. The summed E-state index contributed by atoms with van der Waals surface area (Å²) in [6.07, 6.45) is 1.81. The van der Waals surface area contributed by atoms with Gasteiger partial charge in [0.25, 0.3) is 11.8 Å². The third-order valence-corrected chi connectivity index (χ3v) is 6.57. The van der Waals surface area contributed by atoms with Crippen molar-refractivity contribution in [1.82, 2.24) is 5.32 Å². The quantitative estimate of drug-likeness (QED) is 0.280. The van der Waals surface area contributed by atoms with Crippen LogP contribution in [-0.2, 0) is 16.0 Å². The molecule has 0 atom stereocenters. The molecule has 0 aliphatic carbocycles. The number of barbiturate groups is 1. The van der Waals surface area contributed by atoms with Crippen molar-refractivity contribution in [3.05, 3.63) is 97.5 Å². The minimum absolute atomic E-state index is 0.230. The summed E-state index contributed by atoms with van der Waals surface area (Å²) >= 11 is 19.0. The Kier molecular flexibility index (Phi) is 7.69. The van der Waals surface area contributed by atoms with Crippen molar-refractivity contribution in [2.75, 3.05) is 11.5 Å². The Morgan fingerprint density at radius 3 is 2.44 bits per heavy atom. The molecule has 0 aromatic heterocycles. The number of hydrogen-bond donors (Lipinski definition) is 1. The standard InChI is InChI=1S/C27H21Cl3N2O4/c1-3-36-24-12-16(11-22(30)19(24)13-17-6-4-5-7-21(17)29)10-20-25(33)31-27(35)32(26(20)34)23-14-18(28)9-8-15(23)2/h4-12,14H,3,13H2,1-2H3,(H,31,33,35)/b20-10+. The Bertz CT molecular complexity index is 1420. The number of benzene rings is 3. The van der Waals surface area contributed by atoms with Gasteiger partial charge in [0.1, 0.15) is 11.3 Å². The predicted molar refractivity (Wildman–Crippen MR) is 142 cm³/mol. The molecule has 9 heteroatoms. The Morgan fingerprint density at radius 1 is 0.972 bits per heavy atom. The molecule has 1 fully saturated rings. The Labute approximate surface area is 223 Å². The zero-order valence-corrected chi connectivity index (χ0v) is 21.7. The summed E-state index contributed by atoms with van der Waals surface area (Å²) < 4.78 is 5.83. The highest BCUT2D eigenvalue weighted by molar-refractivity contribution is 6.40. The number of urea groups is 1. The van der Waals surface area contributed by atoms with Crippen molar-refractivity contribution in [1.29, 1.82) is 0 Å². The summed E-state index contributed by atoms with van der Waals surface area (Å²) in [5.74, 6) is -1.09. The number of imide groups is 2. The number of ether oxygens (including phenoxy) is 1. The zero-order valence-electron chi connectivity index (χ0n) is 19.4. The Balaban J connectivity index is 1.75. The Morgan fingerprint density at radius 2 is 1.72 bits per heavy atom. The van der Waals surface area contributed by atoms with E-state index in [1.807, 2.05) is 25.1 Å². The van der Waals surface area contributed by atoms with Crippen molar-refractivity contribution in [3.63, 3.8) is 0 Å². The average molecular weight is 544 g/mol. The number of halogens is 3. The average Bonchev–Trinajstić information content (AvgIpc) is 2.82. The van der Waals surface area contributed by atoms with E-state index >= 15 is 0 Å². The molecular formula is C27H21Cl3N2O4. The number of carbonyl (C=O) groups is 3. The van der Waals surface area contributed by atoms with E-state index in [0.29, 0.717) is 45.0 Å². The van der Waals surface area contributed by atoms with E-state index in [1.165, 1.54) is 12.1 Å². The monoisotopic (exact) mass is 542 g/mol. The molecule has 4 rings (SSSR count).